The number of primary sulfonamides is 1. The van der Waals surface area contributed by atoms with Gasteiger partial charge in [-0.2, -0.15) is 13.2 Å². The van der Waals surface area contributed by atoms with Crippen LogP contribution in [0.5, 0.6) is 0 Å². The summed E-state index contributed by atoms with van der Waals surface area (Å²) >= 11 is 0. The lowest BCUT2D eigenvalue weighted by molar-refractivity contribution is -0.0436. The number of halogens is 3. The van der Waals surface area contributed by atoms with Crippen molar-refractivity contribution in [3.05, 3.63) is 0 Å². The predicted octanol–water partition coefficient (Wildman–Crippen LogP) is 3.49. The third-order valence-electron chi connectivity index (χ3n) is 2.11. The van der Waals surface area contributed by atoms with Crippen LogP contribution in [0.2, 0.25) is 0 Å². The lowest BCUT2D eigenvalue weighted by Gasteiger charge is -2.29. The van der Waals surface area contributed by atoms with Crippen LogP contribution in [0.25, 0.3) is 0 Å². The van der Waals surface area contributed by atoms with E-state index in [0.717, 1.165) is 17.0 Å². The summed E-state index contributed by atoms with van der Waals surface area (Å²) in [7, 11) is -5.08. The molecule has 0 aromatic heterocycles. The summed E-state index contributed by atoms with van der Waals surface area (Å²) in [5.74, 6) is 0. The van der Waals surface area contributed by atoms with Gasteiger partial charge in [-0.05, 0) is 17.0 Å². The van der Waals surface area contributed by atoms with E-state index in [1.807, 2.05) is 0 Å². The molecule has 0 bridgehead atoms. The van der Waals surface area contributed by atoms with Gasteiger partial charge in [0.25, 0.3) is 0 Å². The van der Waals surface area contributed by atoms with Crippen LogP contribution < -0.4 is 5.14 Å². The molecule has 0 heterocycles. The van der Waals surface area contributed by atoms with Gasteiger partial charge in [-0.1, -0.05) is 49.5 Å². The number of sulfonamides is 1. The van der Waals surface area contributed by atoms with Gasteiger partial charge in [0.1, 0.15) is 0 Å². The van der Waals surface area contributed by atoms with Crippen LogP contribution in [0.15, 0.2) is 0 Å². The second-order valence-corrected chi connectivity index (χ2v) is 10.3. The topological polar surface area (TPSA) is 60.2 Å². The molecule has 112 valence electrons. The molecule has 0 aliphatic rings. The van der Waals surface area contributed by atoms with Crippen LogP contribution in [0.3, 0.4) is 0 Å². The van der Waals surface area contributed by atoms with Crippen molar-refractivity contribution in [1.82, 2.24) is 0 Å². The minimum Gasteiger partial charge on any atom is -0.221 e. The molecule has 0 atom stereocenters. The summed E-state index contributed by atoms with van der Waals surface area (Å²) in [6, 6.07) is 0. The second-order valence-electron chi connectivity index (χ2n) is 4.72. The third kappa shape index (κ3) is 8.27. The molecule has 0 rings (SSSR count). The zero-order valence-corrected chi connectivity index (χ0v) is 13.3. The molecule has 0 spiro atoms. The highest BCUT2D eigenvalue weighted by Crippen LogP contribution is 2.49. The molecule has 0 aromatic rings. The maximum Gasteiger partial charge on any atom is 0.511 e. The summed E-state index contributed by atoms with van der Waals surface area (Å²) in [6.07, 6.45) is 0. The molecular weight excluding hydrogens is 286 g/mol. The lowest BCUT2D eigenvalue weighted by Crippen LogP contribution is -2.30. The fourth-order valence-corrected chi connectivity index (χ4v) is 5.37. The van der Waals surface area contributed by atoms with Crippen molar-refractivity contribution in [2.24, 2.45) is 5.14 Å². The van der Waals surface area contributed by atoms with Gasteiger partial charge < -0.3 is 0 Å². The van der Waals surface area contributed by atoms with Gasteiger partial charge in [0.05, 0.1) is 0 Å². The van der Waals surface area contributed by atoms with Gasteiger partial charge in [0.2, 0.25) is 0 Å². The zero-order chi connectivity index (χ0) is 15.3. The fourth-order valence-electron chi connectivity index (χ4n) is 1.79. The standard InChI is InChI=1S/C9H21P.CH2F3NO2S/c1-7(2)10(8(3)4)9(5)6;2-1(3,4)8(5,6)7/h7-9H,1-6H3;(H2,5,6,7). The largest absolute Gasteiger partial charge is 0.511 e. The van der Waals surface area contributed by atoms with E-state index in [9.17, 15) is 21.6 Å². The Balaban J connectivity index is 0. The van der Waals surface area contributed by atoms with Gasteiger partial charge in [-0.25, -0.2) is 13.6 Å². The first-order valence-electron chi connectivity index (χ1n) is 5.58. The molecule has 0 aromatic carbocycles. The van der Waals surface area contributed by atoms with E-state index in [4.69, 9.17) is 0 Å². The number of nitrogens with two attached hydrogens (primary N) is 1. The Morgan fingerprint density at radius 2 is 1.06 bits per heavy atom. The second kappa shape index (κ2) is 7.65. The molecule has 0 radical (unpaired) electrons. The first-order valence-corrected chi connectivity index (χ1v) is 8.67. The molecule has 18 heavy (non-hydrogen) atoms. The fraction of sp³-hybridized carbons (Fsp3) is 1.00. The van der Waals surface area contributed by atoms with Gasteiger partial charge >= 0.3 is 15.5 Å². The van der Waals surface area contributed by atoms with E-state index in [2.05, 4.69) is 46.7 Å². The molecule has 0 saturated carbocycles. The molecule has 0 aliphatic heterocycles. The van der Waals surface area contributed by atoms with Crippen LogP contribution in [0.1, 0.15) is 41.5 Å². The van der Waals surface area contributed by atoms with Crippen LogP contribution in [0, 0.1) is 0 Å². The normalized spacial score (nSPS) is 13.2. The van der Waals surface area contributed by atoms with Crippen molar-refractivity contribution in [2.75, 3.05) is 0 Å². The monoisotopic (exact) mass is 309 g/mol. The van der Waals surface area contributed by atoms with Gasteiger partial charge in [0, 0.05) is 0 Å². The number of alkyl halides is 3. The first kappa shape index (κ1) is 20.4. The van der Waals surface area contributed by atoms with E-state index in [1.165, 1.54) is 0 Å². The molecule has 0 fully saturated rings. The smallest absolute Gasteiger partial charge is 0.221 e. The highest BCUT2D eigenvalue weighted by Gasteiger charge is 2.42. The Hall–Kier alpha value is 0.130. The number of hydrogen-bond acceptors (Lipinski definition) is 2. The Kier molecular flexibility index (Phi) is 8.70. The van der Waals surface area contributed by atoms with E-state index in [1.54, 1.807) is 0 Å². The van der Waals surface area contributed by atoms with Crippen molar-refractivity contribution in [3.63, 3.8) is 0 Å². The molecule has 0 unspecified atom stereocenters. The summed E-state index contributed by atoms with van der Waals surface area (Å²) < 4.78 is 51.2. The number of rotatable bonds is 3. The van der Waals surface area contributed by atoms with Crippen molar-refractivity contribution in [3.8, 4) is 0 Å². The van der Waals surface area contributed by atoms with E-state index < -0.39 is 15.5 Å². The Labute approximate surface area is 109 Å². The van der Waals surface area contributed by atoms with Crippen LogP contribution in [-0.2, 0) is 10.0 Å². The zero-order valence-electron chi connectivity index (χ0n) is 11.6. The molecule has 3 nitrogen and oxygen atoms in total. The summed E-state index contributed by atoms with van der Waals surface area (Å²) in [5, 5.41) is 3.66. The van der Waals surface area contributed by atoms with E-state index in [-0.39, 0.29) is 7.92 Å². The van der Waals surface area contributed by atoms with Crippen molar-refractivity contribution in [2.45, 2.75) is 64.0 Å². The predicted molar refractivity (Wildman–Crippen MR) is 71.5 cm³/mol. The summed E-state index contributed by atoms with van der Waals surface area (Å²) in [4.78, 5) is 0. The molecule has 0 saturated heterocycles. The molecule has 0 amide bonds. The molecule has 8 heteroatoms. The van der Waals surface area contributed by atoms with E-state index in [0.29, 0.717) is 0 Å². The Bertz CT molecular complexity index is 307. The van der Waals surface area contributed by atoms with Crippen molar-refractivity contribution in [1.29, 1.82) is 0 Å². The number of hydrogen-bond donors (Lipinski definition) is 1. The van der Waals surface area contributed by atoms with Gasteiger partial charge in [-0.15, -0.1) is 0 Å². The van der Waals surface area contributed by atoms with Crippen LogP contribution in [0.4, 0.5) is 13.2 Å². The maximum atomic E-state index is 10.8. The summed E-state index contributed by atoms with van der Waals surface area (Å²) in [5.41, 5.74) is -2.62. The Morgan fingerprint density at radius 3 is 1.06 bits per heavy atom. The first-order chi connectivity index (χ1) is 7.71. The average molecular weight is 309 g/mol. The minimum atomic E-state index is -5.34. The minimum absolute atomic E-state index is 0.262. The molecule has 0 aliphatic carbocycles. The Morgan fingerprint density at radius 1 is 0.889 bits per heavy atom. The molecule has 2 N–H and O–H groups in total. The maximum absolute atomic E-state index is 10.8. The molecular formula is C10H23F3NO2PS. The van der Waals surface area contributed by atoms with Gasteiger partial charge in [-0.3, -0.25) is 0 Å². The van der Waals surface area contributed by atoms with Crippen LogP contribution in [-0.4, -0.2) is 30.9 Å². The van der Waals surface area contributed by atoms with Gasteiger partial charge in [0.15, 0.2) is 0 Å². The highest BCUT2D eigenvalue weighted by molar-refractivity contribution is 7.90. The van der Waals surface area contributed by atoms with Crippen LogP contribution >= 0.6 is 7.92 Å². The lowest BCUT2D eigenvalue weighted by atomic mass is 10.5. The van der Waals surface area contributed by atoms with E-state index >= 15 is 0 Å². The van der Waals surface area contributed by atoms with Crippen molar-refractivity contribution >= 4 is 17.9 Å². The van der Waals surface area contributed by atoms with Crippen molar-refractivity contribution < 1.29 is 21.6 Å². The SMILES string of the molecule is CC(C)P(C(C)C)C(C)C.NS(=O)(=O)C(F)(F)F. The average Bonchev–Trinajstić information content (AvgIpc) is 1.96. The highest BCUT2D eigenvalue weighted by atomic mass is 32.2. The summed E-state index contributed by atoms with van der Waals surface area (Å²) in [6.45, 7) is 14.1. The third-order valence-corrected chi connectivity index (χ3v) is 6.33. The quantitative estimate of drug-likeness (QED) is 0.811.